The Morgan fingerprint density at radius 3 is 0.959 bits per heavy atom. The van der Waals surface area contributed by atoms with E-state index in [0.717, 1.165) is 105 Å². The summed E-state index contributed by atoms with van der Waals surface area (Å²) in [6.45, 7) is 13.4. The Hall–Kier alpha value is -17.3. The number of piperazine rings is 1. The van der Waals surface area contributed by atoms with E-state index in [1.807, 2.05) is 307 Å². The molecule has 0 aliphatic carbocycles. The molecule has 15 aromatic rings. The number of ketones is 5. The van der Waals surface area contributed by atoms with Gasteiger partial charge in [0.25, 0.3) is 29.5 Å². The van der Waals surface area contributed by atoms with Crippen molar-refractivity contribution in [1.82, 2.24) is 56.7 Å². The zero-order valence-electron chi connectivity index (χ0n) is 82.3. The van der Waals surface area contributed by atoms with E-state index in [4.69, 9.17) is 4.74 Å². The number of aryl methyl sites for hydroxylation is 3. The van der Waals surface area contributed by atoms with Crippen LogP contribution in [0, 0.1) is 20.8 Å². The lowest BCUT2D eigenvalue weighted by atomic mass is 9.95. The van der Waals surface area contributed by atoms with Gasteiger partial charge in [-0.3, -0.25) is 62.9 Å². The number of nitrogens with zero attached hydrogens (tertiary/aromatic N) is 6. The van der Waals surface area contributed by atoms with Crippen molar-refractivity contribution in [2.45, 2.75) is 115 Å². The van der Waals surface area contributed by atoms with Crippen molar-refractivity contribution >= 4 is 64.1 Å². The maximum Gasteiger partial charge on any atom is 0.270 e. The number of Topliss-reactive ketones (excluding diaryl/α,β-unsaturated/α-hetero) is 5. The van der Waals surface area contributed by atoms with Crippen LogP contribution in [0.5, 0.6) is 5.88 Å². The highest BCUT2D eigenvalue weighted by atomic mass is 16.5. The second-order valence-electron chi connectivity index (χ2n) is 34.9. The minimum Gasteiger partial charge on any atom is -0.481 e. The van der Waals surface area contributed by atoms with Crippen LogP contribution in [0.1, 0.15) is 124 Å². The molecular formula is C122H122N12O11. The molecule has 0 radical (unpaired) electrons. The molecule has 145 heavy (non-hydrogen) atoms. The number of methoxy groups -OCH3 is 1. The number of ether oxygens (including phenoxy) is 1. The lowest BCUT2D eigenvalue weighted by molar-refractivity contribution is -0.121. The van der Waals surface area contributed by atoms with Gasteiger partial charge < -0.3 is 46.4 Å². The van der Waals surface area contributed by atoms with E-state index in [1.165, 1.54) is 13.3 Å². The summed E-state index contributed by atoms with van der Waals surface area (Å²) < 4.78 is 5.24. The highest BCUT2D eigenvalue weighted by Gasteiger charge is 2.31. The standard InChI is InChI=1S/C30H34N4O2.C23H22N2O3.3C23H22N2O2/c1-23(31-2)33-17-19-34(20-18-33)28-16-10-9-15-26(28)22-29(35)27(21-24-11-5-3-6-12-24)32-30(36)25-13-7-4-8-14-25;1-28-23-19(13-8-14-24-23)16-21(26)20(15-17-9-4-2-5-10-17)25-22(27)18-11-6-3-7-12-18;1-17-20(13-8-14-24-17)16-22(26)21(15-18-9-4-2-5-10-18)25-23(27)19-11-6-3-7-12-19;1-17-9-5-6-12-19(17)16-22(26)21(15-18-10-3-2-4-11-18)25-23(27)20-13-7-8-14-24-20;1-17-8-5-6-11-19(17)15-22(26)21(14-18-9-3-2-4-10-18)25-23(27)20-12-7-13-24-16-20/h3-16,27,31H,1,17-22H2,2H3,(H,32,36);2-14,20H,15-16H2,1H3,(H,25,27);2*2-14,21H,15-16H2,1H3,(H,25,27);2-13,16,21H,14-15H2,1H3,(H,25,27). The Morgan fingerprint density at radius 1 is 0.303 bits per heavy atom. The summed E-state index contributed by atoms with van der Waals surface area (Å²) in [6.07, 6.45) is 11.4. The Bertz CT molecular complexity index is 6330. The lowest BCUT2D eigenvalue weighted by Gasteiger charge is -2.38. The minimum absolute atomic E-state index is 0.00205. The number of hydrogen-bond acceptors (Lipinski definition) is 18. The van der Waals surface area contributed by atoms with E-state index < -0.39 is 30.2 Å². The molecule has 16 rings (SSSR count). The maximum absolute atomic E-state index is 13.6. The first-order valence-electron chi connectivity index (χ1n) is 48.4. The molecule has 0 saturated carbocycles. The van der Waals surface area contributed by atoms with Gasteiger partial charge in [0, 0.05) is 130 Å². The van der Waals surface area contributed by atoms with Gasteiger partial charge in [0.15, 0.2) is 28.9 Å². The van der Waals surface area contributed by atoms with E-state index in [1.54, 1.807) is 110 Å². The predicted molar refractivity (Wildman–Crippen MR) is 569 cm³/mol. The third-order valence-corrected chi connectivity index (χ3v) is 24.6. The number of benzene rings is 11. The molecule has 4 aromatic heterocycles. The molecule has 0 spiro atoms. The molecule has 5 heterocycles. The van der Waals surface area contributed by atoms with Crippen molar-refractivity contribution in [2.75, 3.05) is 45.2 Å². The maximum atomic E-state index is 13.6. The molecule has 5 unspecified atom stereocenters. The largest absolute Gasteiger partial charge is 0.481 e. The van der Waals surface area contributed by atoms with Crippen LogP contribution in [-0.4, -0.2) is 154 Å². The summed E-state index contributed by atoms with van der Waals surface area (Å²) >= 11 is 0. The normalized spacial score (nSPS) is 12.2. The van der Waals surface area contributed by atoms with Gasteiger partial charge >= 0.3 is 0 Å². The van der Waals surface area contributed by atoms with Gasteiger partial charge in [-0.1, -0.05) is 298 Å². The van der Waals surface area contributed by atoms with E-state index in [0.29, 0.717) is 71.5 Å². The number of pyridine rings is 4. The van der Waals surface area contributed by atoms with Gasteiger partial charge in [-0.05, 0) is 193 Å². The minimum atomic E-state index is -0.653. The molecule has 5 atom stereocenters. The zero-order chi connectivity index (χ0) is 102. The van der Waals surface area contributed by atoms with Crippen LogP contribution < -0.4 is 41.5 Å². The Kier molecular flexibility index (Phi) is 41.7. The number of carbonyl (C=O) groups excluding carboxylic acids is 10. The van der Waals surface area contributed by atoms with Gasteiger partial charge in [0.2, 0.25) is 5.88 Å². The van der Waals surface area contributed by atoms with Crippen LogP contribution >= 0.6 is 0 Å². The van der Waals surface area contributed by atoms with Gasteiger partial charge in [-0.2, -0.15) is 0 Å². The van der Waals surface area contributed by atoms with Crippen LogP contribution in [0.2, 0.25) is 0 Å². The Balaban J connectivity index is 0.000000162. The highest BCUT2D eigenvalue weighted by Crippen LogP contribution is 2.26. The zero-order valence-corrected chi connectivity index (χ0v) is 82.3. The van der Waals surface area contributed by atoms with E-state index in [2.05, 4.69) is 74.3 Å². The quantitative estimate of drug-likeness (QED) is 0.0208. The number of rotatable bonds is 39. The van der Waals surface area contributed by atoms with E-state index >= 15 is 0 Å². The van der Waals surface area contributed by atoms with Crippen molar-refractivity contribution in [1.29, 1.82) is 0 Å². The Labute approximate surface area is 848 Å². The topological polar surface area (TPSA) is 310 Å². The van der Waals surface area contributed by atoms with Crippen LogP contribution in [-0.2, 0) is 88.2 Å². The summed E-state index contributed by atoms with van der Waals surface area (Å²) in [4.78, 5) is 150. The monoisotopic (exact) mass is 1930 g/mol. The van der Waals surface area contributed by atoms with Gasteiger partial charge in [-0.15, -0.1) is 0 Å². The highest BCUT2D eigenvalue weighted by molar-refractivity contribution is 6.02. The summed E-state index contributed by atoms with van der Waals surface area (Å²) in [5.74, 6) is -0.185. The molecule has 6 N–H and O–H groups in total. The number of para-hydroxylation sites is 1. The van der Waals surface area contributed by atoms with Crippen LogP contribution in [0.15, 0.2) is 413 Å². The van der Waals surface area contributed by atoms with Crippen molar-refractivity contribution in [3.63, 3.8) is 0 Å². The average molecular weight is 1930 g/mol. The Morgan fingerprint density at radius 2 is 0.600 bits per heavy atom. The molecule has 1 fully saturated rings. The molecule has 1 aliphatic rings. The summed E-state index contributed by atoms with van der Waals surface area (Å²) in [5.41, 5.74) is 15.9. The van der Waals surface area contributed by atoms with Gasteiger partial charge in [-0.25, -0.2) is 4.98 Å². The fraction of sp³-hybridized carbons (Fsp3) is 0.197. The number of amides is 5. The summed E-state index contributed by atoms with van der Waals surface area (Å²) in [5, 5.41) is 17.7. The number of anilines is 1. The second kappa shape index (κ2) is 56.8. The molecule has 1 saturated heterocycles. The van der Waals surface area contributed by atoms with Crippen LogP contribution in [0.4, 0.5) is 5.69 Å². The summed E-state index contributed by atoms with van der Waals surface area (Å²) in [7, 11) is 3.41. The third-order valence-electron chi connectivity index (χ3n) is 24.6. The van der Waals surface area contributed by atoms with Gasteiger partial charge in [0.1, 0.15) is 5.69 Å². The molecule has 5 amide bonds. The molecule has 23 nitrogen and oxygen atoms in total. The second-order valence-corrected chi connectivity index (χ2v) is 34.9. The number of carbonyl (C=O) groups is 10. The number of nitrogens with one attached hydrogen (secondary N) is 6. The molecule has 11 aromatic carbocycles. The fourth-order valence-corrected chi connectivity index (χ4v) is 16.4. The number of aromatic nitrogens is 4. The van der Waals surface area contributed by atoms with Crippen LogP contribution in [0.3, 0.4) is 0 Å². The number of hydrogen-bond donors (Lipinski definition) is 6. The molecule has 23 heteroatoms. The lowest BCUT2D eigenvalue weighted by Crippen LogP contribution is -2.48. The first-order valence-corrected chi connectivity index (χ1v) is 48.4. The summed E-state index contributed by atoms with van der Waals surface area (Å²) in [6, 6.07) is 112. The molecular weight excluding hydrogens is 1810 g/mol. The van der Waals surface area contributed by atoms with Crippen molar-refractivity contribution in [2.24, 2.45) is 0 Å². The smallest absolute Gasteiger partial charge is 0.270 e. The SMILES string of the molecule is C=C(NC)N1CCN(c2ccccc2CC(=O)C(Cc2ccccc2)NC(=O)c2ccccc2)CC1.COc1ncccc1CC(=O)C(Cc1ccccc1)NC(=O)c1ccccc1.Cc1ccccc1CC(=O)C(Cc1ccccc1)NC(=O)c1ccccn1.Cc1ccccc1CC(=O)C(Cc1ccccc1)NC(=O)c1cccnc1.Cc1ncccc1CC(=O)C(Cc1ccccc1)NC(=O)c1ccccc1. The van der Waals surface area contributed by atoms with Crippen molar-refractivity contribution in [3.8, 4) is 5.88 Å². The third kappa shape index (κ3) is 34.3. The average Bonchev–Trinajstić information content (AvgIpc) is 0.815. The first kappa shape index (κ1) is 107. The predicted octanol–water partition coefficient (Wildman–Crippen LogP) is 17.5. The van der Waals surface area contributed by atoms with E-state index in [9.17, 15) is 47.9 Å². The fourth-order valence-electron chi connectivity index (χ4n) is 16.4. The van der Waals surface area contributed by atoms with E-state index in [-0.39, 0.29) is 90.6 Å². The molecule has 736 valence electrons. The van der Waals surface area contributed by atoms with Crippen molar-refractivity contribution in [3.05, 3.63) is 514 Å². The van der Waals surface area contributed by atoms with Crippen molar-refractivity contribution < 1.29 is 52.7 Å². The molecule has 1 aliphatic heterocycles. The van der Waals surface area contributed by atoms with Gasteiger partial charge in [0.05, 0.1) is 48.7 Å². The van der Waals surface area contributed by atoms with Crippen LogP contribution in [0.25, 0.3) is 0 Å². The molecule has 0 bridgehead atoms. The first-order chi connectivity index (χ1) is 70.6.